The Kier molecular flexibility index (Phi) is 4.95. The molecule has 0 spiro atoms. The average molecular weight is 373 g/mol. The van der Waals surface area contributed by atoms with Gasteiger partial charge < -0.3 is 4.90 Å². The van der Waals surface area contributed by atoms with Crippen molar-refractivity contribution in [2.75, 3.05) is 11.4 Å². The van der Waals surface area contributed by atoms with E-state index in [1.54, 1.807) is 6.21 Å². The third-order valence-electron chi connectivity index (χ3n) is 4.61. The number of likely N-dealkylation sites (N-methyl/N-ethyl adjacent to an activating group) is 1. The van der Waals surface area contributed by atoms with Gasteiger partial charge in [0.25, 0.3) is 0 Å². The number of benzene rings is 2. The fourth-order valence-electron chi connectivity index (χ4n) is 3.49. The summed E-state index contributed by atoms with van der Waals surface area (Å²) in [5.74, 6) is 0. The molecule has 3 rings (SSSR count). The minimum absolute atomic E-state index is 0.0255. The summed E-state index contributed by atoms with van der Waals surface area (Å²) in [6.07, 6.45) is 4.09. The van der Waals surface area contributed by atoms with E-state index >= 15 is 0 Å². The van der Waals surface area contributed by atoms with Gasteiger partial charge in [0.2, 0.25) is 0 Å². The molecule has 25 heavy (non-hydrogen) atoms. The van der Waals surface area contributed by atoms with Crippen LogP contribution in [0.3, 0.4) is 0 Å². The van der Waals surface area contributed by atoms with Gasteiger partial charge in [-0.05, 0) is 57.5 Å². The van der Waals surface area contributed by atoms with Gasteiger partial charge in [-0.3, -0.25) is 4.99 Å². The summed E-state index contributed by atoms with van der Waals surface area (Å²) in [5.41, 5.74) is 5.24. The second-order valence-electron chi connectivity index (χ2n) is 6.83. The molecule has 0 amide bonds. The quantitative estimate of drug-likeness (QED) is 0.542. The van der Waals surface area contributed by atoms with Gasteiger partial charge in [-0.2, -0.15) is 0 Å². The number of halogens is 2. The van der Waals surface area contributed by atoms with E-state index in [0.717, 1.165) is 17.8 Å². The molecule has 0 unspecified atom stereocenters. The summed E-state index contributed by atoms with van der Waals surface area (Å²) in [6, 6.07) is 11.7. The van der Waals surface area contributed by atoms with Gasteiger partial charge in [0, 0.05) is 29.6 Å². The number of para-hydroxylation sites is 1. The van der Waals surface area contributed by atoms with Gasteiger partial charge in [-0.25, -0.2) is 0 Å². The van der Waals surface area contributed by atoms with Gasteiger partial charge in [0.05, 0.1) is 21.3 Å². The monoisotopic (exact) mass is 372 g/mol. The number of fused-ring (bicyclic) bond motifs is 1. The second-order valence-corrected chi connectivity index (χ2v) is 7.64. The number of rotatable bonds is 3. The van der Waals surface area contributed by atoms with Crippen LogP contribution < -0.4 is 4.90 Å². The first-order valence-corrected chi connectivity index (χ1v) is 9.18. The first-order valence-electron chi connectivity index (χ1n) is 8.43. The van der Waals surface area contributed by atoms with Crippen LogP contribution in [0.4, 0.5) is 11.4 Å². The van der Waals surface area contributed by atoms with Gasteiger partial charge in [0.15, 0.2) is 0 Å². The molecule has 2 aromatic rings. The summed E-state index contributed by atoms with van der Waals surface area (Å²) in [6.45, 7) is 9.69. The zero-order chi connectivity index (χ0) is 18.2. The van der Waals surface area contributed by atoms with Crippen LogP contribution in [0, 0.1) is 0 Å². The van der Waals surface area contributed by atoms with E-state index in [9.17, 15) is 0 Å². The van der Waals surface area contributed by atoms with E-state index in [1.807, 2.05) is 30.3 Å². The van der Waals surface area contributed by atoms with Gasteiger partial charge >= 0.3 is 0 Å². The Morgan fingerprint density at radius 3 is 2.52 bits per heavy atom. The predicted octanol–water partition coefficient (Wildman–Crippen LogP) is 6.77. The molecule has 0 atom stereocenters. The van der Waals surface area contributed by atoms with Crippen LogP contribution in [0.5, 0.6) is 0 Å². The van der Waals surface area contributed by atoms with Crippen LogP contribution in [0.2, 0.25) is 10.0 Å². The van der Waals surface area contributed by atoms with E-state index in [0.29, 0.717) is 10.0 Å². The highest BCUT2D eigenvalue weighted by Gasteiger charge is 2.30. The summed E-state index contributed by atoms with van der Waals surface area (Å²) >= 11 is 12.7. The lowest BCUT2D eigenvalue weighted by Gasteiger charge is -2.43. The zero-order valence-electron chi connectivity index (χ0n) is 15.0. The van der Waals surface area contributed by atoms with Crippen LogP contribution in [0.1, 0.15) is 38.8 Å². The minimum Gasteiger partial charge on any atom is -0.363 e. The molecular weight excluding hydrogens is 351 g/mol. The molecule has 0 radical (unpaired) electrons. The van der Waals surface area contributed by atoms with E-state index < -0.39 is 0 Å². The van der Waals surface area contributed by atoms with Crippen molar-refractivity contribution in [3.63, 3.8) is 0 Å². The number of allylic oxidation sites excluding steroid dienone is 1. The number of anilines is 1. The molecule has 0 saturated carbocycles. The Hall–Kier alpha value is -1.77. The molecule has 0 aliphatic carbocycles. The van der Waals surface area contributed by atoms with Crippen molar-refractivity contribution in [1.29, 1.82) is 0 Å². The number of hydrogen-bond acceptors (Lipinski definition) is 2. The van der Waals surface area contributed by atoms with Gasteiger partial charge in [-0.1, -0.05) is 41.4 Å². The van der Waals surface area contributed by atoms with E-state index in [1.165, 1.54) is 16.8 Å². The number of hydrogen-bond donors (Lipinski definition) is 0. The highest BCUT2D eigenvalue weighted by atomic mass is 35.5. The average Bonchev–Trinajstić information content (AvgIpc) is 2.54. The molecule has 1 heterocycles. The van der Waals surface area contributed by atoms with Crippen LogP contribution >= 0.6 is 23.2 Å². The van der Waals surface area contributed by atoms with Crippen molar-refractivity contribution in [2.45, 2.75) is 33.2 Å². The largest absolute Gasteiger partial charge is 0.363 e. The molecule has 0 saturated heterocycles. The van der Waals surface area contributed by atoms with Crippen LogP contribution in [0.15, 0.2) is 47.5 Å². The third-order valence-corrected chi connectivity index (χ3v) is 5.25. The minimum atomic E-state index is -0.0255. The smallest absolute Gasteiger partial charge is 0.0816 e. The normalized spacial score (nSPS) is 16.1. The maximum atomic E-state index is 6.56. The van der Waals surface area contributed by atoms with Crippen LogP contribution in [-0.4, -0.2) is 18.3 Å². The molecule has 0 bridgehead atoms. The Bertz CT molecular complexity index is 866. The fourth-order valence-corrected chi connectivity index (χ4v) is 3.88. The maximum Gasteiger partial charge on any atom is 0.0816 e. The molecule has 1 aliphatic heterocycles. The molecule has 130 valence electrons. The summed E-state index contributed by atoms with van der Waals surface area (Å²) in [7, 11) is 0. The van der Waals surface area contributed by atoms with Gasteiger partial charge in [0.1, 0.15) is 0 Å². The standard InChI is InChI=1S/C21H22Cl2N2/c1-5-25-20-11-18(23)15(10-16(20)14(2)12-21(25,3)4)13-24-19-9-7-6-8-17(19)22/h6-13H,5H2,1-4H3. The Labute approximate surface area is 159 Å². The number of nitrogens with zero attached hydrogens (tertiary/aromatic N) is 2. The third kappa shape index (κ3) is 3.47. The summed E-state index contributed by atoms with van der Waals surface area (Å²) in [4.78, 5) is 6.88. The van der Waals surface area contributed by atoms with Crippen LogP contribution in [-0.2, 0) is 0 Å². The lowest BCUT2D eigenvalue weighted by Crippen LogP contribution is -2.44. The predicted molar refractivity (Wildman–Crippen MR) is 111 cm³/mol. The summed E-state index contributed by atoms with van der Waals surface area (Å²) < 4.78 is 0. The topological polar surface area (TPSA) is 15.6 Å². The SMILES string of the molecule is CCN1c2cc(Cl)c(C=Nc3ccccc3Cl)cc2C(C)=CC1(C)C. The molecule has 0 N–H and O–H groups in total. The van der Waals surface area contributed by atoms with Crippen molar-refractivity contribution >= 4 is 46.4 Å². The van der Waals surface area contributed by atoms with Crippen molar-refractivity contribution in [1.82, 2.24) is 0 Å². The molecule has 2 aromatic carbocycles. The Balaban J connectivity index is 2.05. The molecular formula is C21H22Cl2N2. The second kappa shape index (κ2) is 6.86. The first-order chi connectivity index (χ1) is 11.8. The molecule has 1 aliphatic rings. The molecule has 0 fully saturated rings. The van der Waals surface area contributed by atoms with Crippen molar-refractivity contribution in [3.05, 3.63) is 63.6 Å². The fraction of sp³-hybridized carbons (Fsp3) is 0.286. The van der Waals surface area contributed by atoms with Gasteiger partial charge in [-0.15, -0.1) is 0 Å². The first kappa shape index (κ1) is 18.0. The van der Waals surface area contributed by atoms with Crippen molar-refractivity contribution in [3.8, 4) is 0 Å². The lowest BCUT2D eigenvalue weighted by atomic mass is 9.88. The highest BCUT2D eigenvalue weighted by Crippen LogP contribution is 2.41. The van der Waals surface area contributed by atoms with E-state index in [4.69, 9.17) is 23.2 Å². The van der Waals surface area contributed by atoms with Crippen molar-refractivity contribution in [2.24, 2.45) is 4.99 Å². The number of aliphatic imine (C=N–C) groups is 1. The van der Waals surface area contributed by atoms with E-state index in [2.05, 4.69) is 49.7 Å². The molecule has 4 heteroatoms. The molecule has 0 aromatic heterocycles. The van der Waals surface area contributed by atoms with E-state index in [-0.39, 0.29) is 5.54 Å². The zero-order valence-corrected chi connectivity index (χ0v) is 16.5. The Morgan fingerprint density at radius 2 is 1.84 bits per heavy atom. The summed E-state index contributed by atoms with van der Waals surface area (Å²) in [5, 5.41) is 1.32. The highest BCUT2D eigenvalue weighted by molar-refractivity contribution is 6.34. The molecule has 2 nitrogen and oxygen atoms in total. The maximum absolute atomic E-state index is 6.56. The Morgan fingerprint density at radius 1 is 1.12 bits per heavy atom. The van der Waals surface area contributed by atoms with Crippen LogP contribution in [0.25, 0.3) is 5.57 Å². The lowest BCUT2D eigenvalue weighted by molar-refractivity contribution is 0.566. The van der Waals surface area contributed by atoms with Crippen molar-refractivity contribution < 1.29 is 0 Å².